The van der Waals surface area contributed by atoms with E-state index in [0.29, 0.717) is 6.61 Å². The Bertz CT molecular complexity index is 716. The van der Waals surface area contributed by atoms with Gasteiger partial charge in [0.05, 0.1) is 0 Å². The van der Waals surface area contributed by atoms with E-state index < -0.39 is 0 Å². The van der Waals surface area contributed by atoms with Crippen molar-refractivity contribution >= 4 is 28.1 Å². The zero-order chi connectivity index (χ0) is 16.1. The van der Waals surface area contributed by atoms with Crippen LogP contribution in [0, 0.1) is 0 Å². The number of halogens is 2. The van der Waals surface area contributed by atoms with Gasteiger partial charge in [0.15, 0.2) is 12.8 Å². The van der Waals surface area contributed by atoms with E-state index in [2.05, 4.69) is 63.1 Å². The molecule has 5 heteroatoms. The maximum absolute atomic E-state index is 11.5. The maximum atomic E-state index is 11.5. The molecule has 0 amide bonds. The summed E-state index contributed by atoms with van der Waals surface area (Å²) in [5, 5.41) is 0.223. The Morgan fingerprint density at radius 3 is 2.58 bits per heavy atom. The van der Waals surface area contributed by atoms with Gasteiger partial charge in [0.2, 0.25) is 6.04 Å². The average Bonchev–Trinajstić information content (AvgIpc) is 2.62. The molecule has 126 valence electrons. The van der Waals surface area contributed by atoms with Crippen LogP contribution in [0.5, 0.6) is 0 Å². The first kappa shape index (κ1) is 18.9. The van der Waals surface area contributed by atoms with Crippen molar-refractivity contribution in [2.24, 2.45) is 0 Å². The summed E-state index contributed by atoms with van der Waals surface area (Å²) in [4.78, 5) is 11.5. The van der Waals surface area contributed by atoms with Gasteiger partial charge >= 0.3 is 5.97 Å². The Morgan fingerprint density at radius 2 is 1.83 bits per heavy atom. The van der Waals surface area contributed by atoms with Crippen LogP contribution < -0.4 is 17.0 Å². The van der Waals surface area contributed by atoms with E-state index in [0.717, 1.165) is 18.5 Å². The van der Waals surface area contributed by atoms with E-state index in [1.165, 1.54) is 11.1 Å². The standard InChI is InChI=1S/C19H19BrNO2.BrH/c20-12-19(22)23-14-18(16-7-2-1-3-8-16)21-11-10-15-6-4-5-9-17(15)13-21;/h1-9,13,18H,10-12,14H2;1H/q+1;/p-1/t18-;/m0./s1. The number of rotatable bonds is 5. The second-order valence-electron chi connectivity index (χ2n) is 5.56. The molecule has 0 N–H and O–H groups in total. The summed E-state index contributed by atoms with van der Waals surface area (Å²) in [6, 6.07) is 18.7. The predicted octanol–water partition coefficient (Wildman–Crippen LogP) is 0.358. The zero-order valence-corrected chi connectivity index (χ0v) is 16.4. The van der Waals surface area contributed by atoms with Crippen molar-refractivity contribution in [1.82, 2.24) is 0 Å². The minimum Gasteiger partial charge on any atom is -1.00 e. The number of hydrogen-bond acceptors (Lipinski definition) is 2. The Balaban J connectivity index is 0.00000208. The van der Waals surface area contributed by atoms with Crippen LogP contribution in [0.3, 0.4) is 0 Å². The third-order valence-electron chi connectivity index (χ3n) is 4.10. The van der Waals surface area contributed by atoms with Crippen molar-refractivity contribution in [3.8, 4) is 0 Å². The number of esters is 1. The van der Waals surface area contributed by atoms with Gasteiger partial charge in [0, 0.05) is 17.5 Å². The van der Waals surface area contributed by atoms with E-state index in [1.54, 1.807) is 0 Å². The quantitative estimate of drug-likeness (QED) is 0.372. The molecule has 0 aliphatic carbocycles. The second-order valence-corrected chi connectivity index (χ2v) is 6.12. The highest BCUT2D eigenvalue weighted by molar-refractivity contribution is 9.09. The van der Waals surface area contributed by atoms with E-state index in [-0.39, 0.29) is 34.3 Å². The lowest BCUT2D eigenvalue weighted by Gasteiger charge is -2.20. The van der Waals surface area contributed by atoms with Gasteiger partial charge in [-0.3, -0.25) is 4.79 Å². The summed E-state index contributed by atoms with van der Waals surface area (Å²) in [6.07, 6.45) is 3.18. The molecule has 2 aromatic rings. The lowest BCUT2D eigenvalue weighted by Crippen LogP contribution is -3.00. The highest BCUT2D eigenvalue weighted by Crippen LogP contribution is 2.21. The lowest BCUT2D eigenvalue weighted by molar-refractivity contribution is -0.571. The van der Waals surface area contributed by atoms with Crippen LogP contribution >= 0.6 is 15.9 Å². The fourth-order valence-corrected chi connectivity index (χ4v) is 3.06. The van der Waals surface area contributed by atoms with Crippen molar-refractivity contribution < 1.29 is 31.1 Å². The molecular weight excluding hydrogens is 434 g/mol. The summed E-state index contributed by atoms with van der Waals surface area (Å²) in [7, 11) is 0. The van der Waals surface area contributed by atoms with Crippen LogP contribution in [0.15, 0.2) is 54.6 Å². The Morgan fingerprint density at radius 1 is 1.12 bits per heavy atom. The smallest absolute Gasteiger partial charge is 0.316 e. The molecule has 1 atom stereocenters. The molecule has 0 unspecified atom stereocenters. The monoisotopic (exact) mass is 451 g/mol. The van der Waals surface area contributed by atoms with Gasteiger partial charge in [-0.15, -0.1) is 0 Å². The van der Waals surface area contributed by atoms with Gasteiger partial charge in [-0.1, -0.05) is 64.5 Å². The molecule has 0 aromatic heterocycles. The molecule has 1 aliphatic rings. The van der Waals surface area contributed by atoms with E-state index in [1.807, 2.05) is 18.2 Å². The first-order chi connectivity index (χ1) is 11.3. The number of carbonyl (C=O) groups excluding carboxylic acids is 1. The highest BCUT2D eigenvalue weighted by Gasteiger charge is 2.27. The van der Waals surface area contributed by atoms with Crippen molar-refractivity contribution in [2.75, 3.05) is 18.5 Å². The number of fused-ring (bicyclic) bond motifs is 1. The van der Waals surface area contributed by atoms with Gasteiger partial charge in [-0.25, -0.2) is 4.58 Å². The van der Waals surface area contributed by atoms with E-state index in [4.69, 9.17) is 4.74 Å². The van der Waals surface area contributed by atoms with Gasteiger partial charge in [0.1, 0.15) is 11.9 Å². The molecule has 0 spiro atoms. The number of carbonyl (C=O) groups is 1. The number of nitrogens with zero attached hydrogens (tertiary/aromatic N) is 1. The molecule has 1 heterocycles. The Labute approximate surface area is 161 Å². The largest absolute Gasteiger partial charge is 1.00 e. The highest BCUT2D eigenvalue weighted by atomic mass is 79.9. The molecule has 3 nitrogen and oxygen atoms in total. The molecule has 0 radical (unpaired) electrons. The van der Waals surface area contributed by atoms with Crippen LogP contribution in [-0.4, -0.2) is 35.2 Å². The van der Waals surface area contributed by atoms with Crippen molar-refractivity contribution in [2.45, 2.75) is 12.5 Å². The third kappa shape index (κ3) is 4.54. The molecule has 0 saturated heterocycles. The van der Waals surface area contributed by atoms with Crippen LogP contribution in [0.1, 0.15) is 22.7 Å². The Hall–Kier alpha value is -1.46. The third-order valence-corrected chi connectivity index (χ3v) is 4.55. The minimum atomic E-state index is -0.233. The van der Waals surface area contributed by atoms with Gasteiger partial charge in [-0.2, -0.15) is 0 Å². The average molecular weight is 453 g/mol. The van der Waals surface area contributed by atoms with Crippen molar-refractivity contribution in [3.63, 3.8) is 0 Å². The predicted molar refractivity (Wildman–Crippen MR) is 94.4 cm³/mol. The van der Waals surface area contributed by atoms with Crippen LogP contribution in [-0.2, 0) is 16.0 Å². The first-order valence-electron chi connectivity index (χ1n) is 7.73. The fraction of sp³-hybridized carbons (Fsp3) is 0.263. The minimum absolute atomic E-state index is 0. The van der Waals surface area contributed by atoms with Crippen molar-refractivity contribution in [1.29, 1.82) is 0 Å². The first-order valence-corrected chi connectivity index (χ1v) is 8.85. The van der Waals surface area contributed by atoms with Gasteiger partial charge < -0.3 is 21.7 Å². The Kier molecular flexibility index (Phi) is 7.18. The molecular formula is C19H19Br2NO2. The van der Waals surface area contributed by atoms with E-state index in [9.17, 15) is 4.79 Å². The van der Waals surface area contributed by atoms with Crippen LogP contribution in [0.2, 0.25) is 0 Å². The molecule has 3 rings (SSSR count). The number of hydrogen-bond donors (Lipinski definition) is 0. The zero-order valence-electron chi connectivity index (χ0n) is 13.2. The lowest BCUT2D eigenvalue weighted by atomic mass is 10.00. The molecule has 0 fully saturated rings. The number of benzene rings is 2. The number of ether oxygens (including phenoxy) is 1. The molecule has 0 saturated carbocycles. The second kappa shape index (κ2) is 9.14. The normalized spacial score (nSPS) is 14.0. The SMILES string of the molecule is O=C(CBr)OC[C@@H](c1ccccc1)[N+]1=Cc2ccccc2CC1.[Br-]. The topological polar surface area (TPSA) is 29.3 Å². The molecule has 24 heavy (non-hydrogen) atoms. The van der Waals surface area contributed by atoms with Gasteiger partial charge in [-0.05, 0) is 11.6 Å². The fourth-order valence-electron chi connectivity index (χ4n) is 2.90. The number of alkyl halides is 1. The van der Waals surface area contributed by atoms with Gasteiger partial charge in [0.25, 0.3) is 0 Å². The maximum Gasteiger partial charge on any atom is 0.316 e. The summed E-state index contributed by atoms with van der Waals surface area (Å²) in [6.45, 7) is 1.27. The summed E-state index contributed by atoms with van der Waals surface area (Å²) in [5.74, 6) is -0.233. The summed E-state index contributed by atoms with van der Waals surface area (Å²) >= 11 is 3.14. The van der Waals surface area contributed by atoms with Crippen LogP contribution in [0.25, 0.3) is 0 Å². The molecule has 2 aromatic carbocycles. The molecule has 1 aliphatic heterocycles. The molecule has 0 bridgehead atoms. The summed E-state index contributed by atoms with van der Waals surface area (Å²) < 4.78 is 7.68. The van der Waals surface area contributed by atoms with Crippen LogP contribution in [0.4, 0.5) is 0 Å². The summed E-state index contributed by atoms with van der Waals surface area (Å²) in [5.41, 5.74) is 3.77. The van der Waals surface area contributed by atoms with E-state index >= 15 is 0 Å². The van der Waals surface area contributed by atoms with Crippen molar-refractivity contribution in [3.05, 3.63) is 71.3 Å².